The number of rotatable bonds is 6. The van der Waals surface area contributed by atoms with Crippen LogP contribution in [0.1, 0.15) is 23.7 Å². The van der Waals surface area contributed by atoms with Crippen LogP contribution >= 0.6 is 0 Å². The molecule has 2 aromatic carbocycles. The van der Waals surface area contributed by atoms with Crippen LogP contribution in [-0.4, -0.2) is 27.4 Å². The molecule has 4 rings (SSSR count). The Morgan fingerprint density at radius 1 is 1.09 bits per heavy atom. The van der Waals surface area contributed by atoms with E-state index < -0.39 is 0 Å². The number of hydrogen-bond donors (Lipinski definition) is 1. The number of anilines is 1. The molecule has 0 fully saturated rings. The fourth-order valence-electron chi connectivity index (χ4n) is 3.92. The van der Waals surface area contributed by atoms with Crippen molar-refractivity contribution in [3.63, 3.8) is 0 Å². The summed E-state index contributed by atoms with van der Waals surface area (Å²) in [4.78, 5) is 26.0. The van der Waals surface area contributed by atoms with E-state index in [9.17, 15) is 9.59 Å². The molecule has 0 aliphatic carbocycles. The lowest BCUT2D eigenvalue weighted by molar-refractivity contribution is -0.116. The van der Waals surface area contributed by atoms with Crippen LogP contribution in [0, 0.1) is 13.8 Å². The number of methoxy groups -OCH3 is 1. The molecule has 7 nitrogen and oxygen atoms in total. The summed E-state index contributed by atoms with van der Waals surface area (Å²) in [5.41, 5.74) is 4.63. The highest BCUT2D eigenvalue weighted by Gasteiger charge is 2.20. The predicted octanol–water partition coefficient (Wildman–Crippen LogP) is 4.01. The maximum atomic E-state index is 13.1. The molecule has 7 heteroatoms. The maximum Gasteiger partial charge on any atom is 0.252 e. The number of carbonyl (C=O) groups excluding carboxylic acids is 1. The molecule has 0 aliphatic rings. The van der Waals surface area contributed by atoms with Gasteiger partial charge in [-0.05, 0) is 50.1 Å². The first-order valence-corrected chi connectivity index (χ1v) is 10.5. The van der Waals surface area contributed by atoms with Gasteiger partial charge in [-0.2, -0.15) is 5.10 Å². The molecule has 0 spiro atoms. The molecule has 2 heterocycles. The molecule has 164 valence electrons. The minimum Gasteiger partial charge on any atom is -0.495 e. The van der Waals surface area contributed by atoms with Crippen LogP contribution in [0.15, 0.2) is 59.4 Å². The summed E-state index contributed by atoms with van der Waals surface area (Å²) in [6, 6.07) is 16.7. The van der Waals surface area contributed by atoms with Crippen molar-refractivity contribution < 1.29 is 9.53 Å². The Hall–Kier alpha value is -3.87. The standard InChI is InChI=1S/C25H26N4O3/c1-5-18-14-23(31)28(15-22(30)26-20-8-6-7-9-21(20)32-4)25-24(18)17(3)27-29(25)19-12-10-16(2)11-13-19/h6-14H,5,15H2,1-4H3,(H,26,30). The van der Waals surface area contributed by atoms with Gasteiger partial charge in [0.25, 0.3) is 5.56 Å². The molecule has 32 heavy (non-hydrogen) atoms. The zero-order valence-corrected chi connectivity index (χ0v) is 18.7. The van der Waals surface area contributed by atoms with E-state index in [0.717, 1.165) is 27.9 Å². The Balaban J connectivity index is 1.83. The van der Waals surface area contributed by atoms with Gasteiger partial charge in [-0.3, -0.25) is 14.2 Å². The predicted molar refractivity (Wildman–Crippen MR) is 126 cm³/mol. The van der Waals surface area contributed by atoms with Crippen molar-refractivity contribution in [3.8, 4) is 11.4 Å². The van der Waals surface area contributed by atoms with Crippen molar-refractivity contribution in [2.24, 2.45) is 0 Å². The molecule has 0 saturated carbocycles. The third-order valence-electron chi connectivity index (χ3n) is 5.52. The number of nitrogens with zero attached hydrogens (tertiary/aromatic N) is 3. The summed E-state index contributed by atoms with van der Waals surface area (Å²) in [6.45, 7) is 5.81. The van der Waals surface area contributed by atoms with Crippen molar-refractivity contribution in [2.75, 3.05) is 12.4 Å². The van der Waals surface area contributed by atoms with E-state index in [1.807, 2.05) is 57.2 Å². The van der Waals surface area contributed by atoms with E-state index in [1.54, 1.807) is 30.0 Å². The first-order valence-electron chi connectivity index (χ1n) is 10.5. The smallest absolute Gasteiger partial charge is 0.252 e. The Morgan fingerprint density at radius 3 is 2.50 bits per heavy atom. The highest BCUT2D eigenvalue weighted by Crippen LogP contribution is 2.26. The van der Waals surface area contributed by atoms with Crippen molar-refractivity contribution in [2.45, 2.75) is 33.7 Å². The number of nitrogens with one attached hydrogen (secondary N) is 1. The Bertz CT molecular complexity index is 1350. The second kappa shape index (κ2) is 8.70. The first kappa shape index (κ1) is 21.4. The Kier molecular flexibility index (Phi) is 5.81. The van der Waals surface area contributed by atoms with Crippen LogP contribution in [0.5, 0.6) is 5.75 Å². The number of fused-ring (bicyclic) bond motifs is 1. The second-order valence-electron chi connectivity index (χ2n) is 7.73. The highest BCUT2D eigenvalue weighted by atomic mass is 16.5. The zero-order chi connectivity index (χ0) is 22.8. The lowest BCUT2D eigenvalue weighted by Gasteiger charge is -2.14. The quantitative estimate of drug-likeness (QED) is 0.501. The van der Waals surface area contributed by atoms with Crippen LogP contribution in [0.25, 0.3) is 16.7 Å². The maximum absolute atomic E-state index is 13.1. The van der Waals surface area contributed by atoms with Gasteiger partial charge in [0.05, 0.1) is 24.2 Å². The van der Waals surface area contributed by atoms with E-state index in [-0.39, 0.29) is 18.0 Å². The summed E-state index contributed by atoms with van der Waals surface area (Å²) < 4.78 is 8.55. The van der Waals surface area contributed by atoms with Crippen LogP contribution in [0.4, 0.5) is 5.69 Å². The second-order valence-corrected chi connectivity index (χ2v) is 7.73. The highest BCUT2D eigenvalue weighted by molar-refractivity contribution is 5.93. The summed E-state index contributed by atoms with van der Waals surface area (Å²) in [6.07, 6.45) is 0.695. The molecule has 1 N–H and O–H groups in total. The number of benzene rings is 2. The van der Waals surface area contributed by atoms with E-state index in [0.29, 0.717) is 23.5 Å². The lowest BCUT2D eigenvalue weighted by Crippen LogP contribution is -2.29. The van der Waals surface area contributed by atoms with Crippen molar-refractivity contribution in [1.82, 2.24) is 14.3 Å². The fraction of sp³-hybridized carbons (Fsp3) is 0.240. The third kappa shape index (κ3) is 3.89. The number of aryl methyl sites for hydroxylation is 3. The molecule has 2 aromatic heterocycles. The molecular formula is C25H26N4O3. The molecule has 0 bridgehead atoms. The fourth-order valence-corrected chi connectivity index (χ4v) is 3.92. The molecular weight excluding hydrogens is 404 g/mol. The zero-order valence-electron chi connectivity index (χ0n) is 18.7. The van der Waals surface area contributed by atoms with Gasteiger partial charge in [0.2, 0.25) is 5.91 Å². The van der Waals surface area contributed by atoms with Gasteiger partial charge in [-0.25, -0.2) is 4.68 Å². The van der Waals surface area contributed by atoms with Crippen molar-refractivity contribution >= 4 is 22.6 Å². The van der Waals surface area contributed by atoms with Gasteiger partial charge >= 0.3 is 0 Å². The van der Waals surface area contributed by atoms with Crippen LogP contribution in [0.2, 0.25) is 0 Å². The SMILES string of the molecule is CCc1cc(=O)n(CC(=O)Nc2ccccc2OC)c2c1c(C)nn2-c1ccc(C)cc1. The van der Waals surface area contributed by atoms with Gasteiger partial charge < -0.3 is 10.1 Å². The summed E-state index contributed by atoms with van der Waals surface area (Å²) in [5, 5.41) is 8.48. The average Bonchev–Trinajstić information content (AvgIpc) is 3.13. The summed E-state index contributed by atoms with van der Waals surface area (Å²) >= 11 is 0. The van der Waals surface area contributed by atoms with Crippen molar-refractivity contribution in [1.29, 1.82) is 0 Å². The molecule has 0 unspecified atom stereocenters. The van der Waals surface area contributed by atoms with Gasteiger partial charge in [0.15, 0.2) is 0 Å². The summed E-state index contributed by atoms with van der Waals surface area (Å²) in [7, 11) is 1.55. The van der Waals surface area contributed by atoms with Crippen LogP contribution in [-0.2, 0) is 17.8 Å². The van der Waals surface area contributed by atoms with Crippen LogP contribution < -0.4 is 15.6 Å². The number of aromatic nitrogens is 3. The largest absolute Gasteiger partial charge is 0.495 e. The molecule has 0 atom stereocenters. The normalized spacial score (nSPS) is 11.0. The summed E-state index contributed by atoms with van der Waals surface area (Å²) in [5.74, 6) is 0.233. The lowest BCUT2D eigenvalue weighted by atomic mass is 10.1. The molecule has 4 aromatic rings. The minimum absolute atomic E-state index is 0.144. The van der Waals surface area contributed by atoms with Crippen LogP contribution in [0.3, 0.4) is 0 Å². The average molecular weight is 431 g/mol. The third-order valence-corrected chi connectivity index (χ3v) is 5.52. The number of carbonyl (C=O) groups is 1. The number of para-hydroxylation sites is 2. The van der Waals surface area contributed by atoms with E-state index >= 15 is 0 Å². The number of amides is 1. The number of ether oxygens (including phenoxy) is 1. The van der Waals surface area contributed by atoms with E-state index in [1.165, 1.54) is 4.57 Å². The monoisotopic (exact) mass is 430 g/mol. The van der Waals surface area contributed by atoms with Gasteiger partial charge in [-0.15, -0.1) is 0 Å². The molecule has 1 amide bonds. The molecule has 0 radical (unpaired) electrons. The van der Waals surface area contributed by atoms with Gasteiger partial charge in [0, 0.05) is 11.5 Å². The van der Waals surface area contributed by atoms with E-state index in [4.69, 9.17) is 9.84 Å². The number of pyridine rings is 1. The molecule has 0 saturated heterocycles. The first-order chi connectivity index (χ1) is 15.4. The van der Waals surface area contributed by atoms with Gasteiger partial charge in [-0.1, -0.05) is 36.8 Å². The Labute approximate surface area is 186 Å². The topological polar surface area (TPSA) is 78.2 Å². The van der Waals surface area contributed by atoms with Gasteiger partial charge in [0.1, 0.15) is 17.9 Å². The Morgan fingerprint density at radius 2 is 1.81 bits per heavy atom. The van der Waals surface area contributed by atoms with E-state index in [2.05, 4.69) is 5.32 Å². The molecule has 0 aliphatic heterocycles. The van der Waals surface area contributed by atoms with Crippen molar-refractivity contribution in [3.05, 3.63) is 81.8 Å². The number of hydrogen-bond acceptors (Lipinski definition) is 4. The minimum atomic E-state index is -0.323.